The van der Waals surface area contributed by atoms with Crippen molar-refractivity contribution in [3.63, 3.8) is 0 Å². The minimum absolute atomic E-state index is 0.209. The number of hydrogen-bond donors (Lipinski definition) is 2. The maximum atomic E-state index is 13.0. The lowest BCUT2D eigenvalue weighted by Gasteiger charge is -2.08. The van der Waals surface area contributed by atoms with E-state index < -0.39 is 0 Å². The van der Waals surface area contributed by atoms with E-state index in [1.54, 1.807) is 18.2 Å². The van der Waals surface area contributed by atoms with Gasteiger partial charge in [-0.25, -0.2) is 4.39 Å². The largest absolute Gasteiger partial charge is 0.398 e. The molecule has 0 aliphatic carbocycles. The molecule has 0 fully saturated rings. The highest BCUT2D eigenvalue weighted by Crippen LogP contribution is 2.13. The number of halogens is 1. The van der Waals surface area contributed by atoms with Gasteiger partial charge in [0.25, 0.3) is 5.91 Å². The zero-order valence-electron chi connectivity index (χ0n) is 11.3. The maximum absolute atomic E-state index is 13.0. The van der Waals surface area contributed by atoms with E-state index in [0.29, 0.717) is 24.2 Å². The average molecular weight is 272 g/mol. The number of nitrogens with one attached hydrogen (secondary N) is 1. The first-order valence-electron chi connectivity index (χ1n) is 6.45. The second-order valence-corrected chi connectivity index (χ2v) is 4.73. The first kappa shape index (κ1) is 14.1. The molecule has 0 heterocycles. The summed E-state index contributed by atoms with van der Waals surface area (Å²) in [5.41, 5.74) is 8.61. The molecule has 2 rings (SSSR count). The molecule has 0 bridgehead atoms. The summed E-state index contributed by atoms with van der Waals surface area (Å²) in [6.07, 6.45) is 0.579. The fourth-order valence-electron chi connectivity index (χ4n) is 2.00. The summed E-state index contributed by atoms with van der Waals surface area (Å²) in [6, 6.07) is 11.7. The summed E-state index contributed by atoms with van der Waals surface area (Å²) in [7, 11) is 0. The predicted molar refractivity (Wildman–Crippen MR) is 78.0 cm³/mol. The summed E-state index contributed by atoms with van der Waals surface area (Å²) in [5, 5.41) is 2.79. The van der Waals surface area contributed by atoms with Crippen molar-refractivity contribution in [2.24, 2.45) is 0 Å². The van der Waals surface area contributed by atoms with Crippen molar-refractivity contribution in [3.05, 3.63) is 65.0 Å². The van der Waals surface area contributed by atoms with Crippen molar-refractivity contribution in [2.75, 3.05) is 12.3 Å². The third-order valence-corrected chi connectivity index (χ3v) is 3.04. The highest BCUT2D eigenvalue weighted by Gasteiger charge is 2.08. The standard InChI is InChI=1S/C16H17FN2O/c1-11-5-6-14(15(18)9-11)16(20)19-8-7-12-3-2-4-13(17)10-12/h2-6,9-10H,7-8,18H2,1H3,(H,19,20). The van der Waals surface area contributed by atoms with Crippen LogP contribution in [0.25, 0.3) is 0 Å². The quantitative estimate of drug-likeness (QED) is 0.841. The van der Waals surface area contributed by atoms with Crippen molar-refractivity contribution >= 4 is 11.6 Å². The Labute approximate surface area is 117 Å². The number of benzene rings is 2. The van der Waals surface area contributed by atoms with Crippen LogP contribution in [0.1, 0.15) is 21.5 Å². The first-order chi connectivity index (χ1) is 9.56. The molecule has 0 spiro atoms. The van der Waals surface area contributed by atoms with E-state index in [-0.39, 0.29) is 11.7 Å². The first-order valence-corrected chi connectivity index (χ1v) is 6.45. The van der Waals surface area contributed by atoms with E-state index >= 15 is 0 Å². The van der Waals surface area contributed by atoms with Crippen LogP contribution >= 0.6 is 0 Å². The number of amides is 1. The van der Waals surface area contributed by atoms with Crippen LogP contribution in [0.4, 0.5) is 10.1 Å². The Hall–Kier alpha value is -2.36. The van der Waals surface area contributed by atoms with Crippen molar-refractivity contribution in [3.8, 4) is 0 Å². The van der Waals surface area contributed by atoms with Gasteiger partial charge in [0.1, 0.15) is 5.82 Å². The number of anilines is 1. The fraction of sp³-hybridized carbons (Fsp3) is 0.188. The van der Waals surface area contributed by atoms with Gasteiger partial charge in [0.2, 0.25) is 0 Å². The second-order valence-electron chi connectivity index (χ2n) is 4.73. The Kier molecular flexibility index (Phi) is 4.35. The van der Waals surface area contributed by atoms with Gasteiger partial charge < -0.3 is 11.1 Å². The molecule has 2 aromatic rings. The molecule has 0 aliphatic heterocycles. The third kappa shape index (κ3) is 3.57. The predicted octanol–water partition coefficient (Wildman–Crippen LogP) is 2.69. The molecule has 104 valence electrons. The number of carbonyl (C=O) groups excluding carboxylic acids is 1. The molecular weight excluding hydrogens is 255 g/mol. The van der Waals surface area contributed by atoms with Gasteiger partial charge in [-0.3, -0.25) is 4.79 Å². The monoisotopic (exact) mass is 272 g/mol. The van der Waals surface area contributed by atoms with Gasteiger partial charge in [0, 0.05) is 12.2 Å². The number of hydrogen-bond acceptors (Lipinski definition) is 2. The molecule has 3 N–H and O–H groups in total. The van der Waals surface area contributed by atoms with Gasteiger partial charge in [-0.1, -0.05) is 18.2 Å². The lowest BCUT2D eigenvalue weighted by molar-refractivity contribution is 0.0955. The molecule has 1 amide bonds. The molecule has 0 aromatic heterocycles. The number of rotatable bonds is 4. The maximum Gasteiger partial charge on any atom is 0.253 e. The summed E-state index contributed by atoms with van der Waals surface area (Å²) in [6.45, 7) is 2.36. The van der Waals surface area contributed by atoms with Crippen LogP contribution in [0.2, 0.25) is 0 Å². The zero-order chi connectivity index (χ0) is 14.5. The van der Waals surface area contributed by atoms with Crippen LogP contribution in [0.5, 0.6) is 0 Å². The van der Waals surface area contributed by atoms with Crippen LogP contribution in [0.15, 0.2) is 42.5 Å². The molecule has 2 aromatic carbocycles. The molecule has 4 heteroatoms. The van der Waals surface area contributed by atoms with E-state index in [0.717, 1.165) is 11.1 Å². The molecule has 0 saturated heterocycles. The van der Waals surface area contributed by atoms with Crippen LogP contribution in [-0.4, -0.2) is 12.5 Å². The number of nitrogens with two attached hydrogens (primary N) is 1. The van der Waals surface area contributed by atoms with Gasteiger partial charge in [-0.2, -0.15) is 0 Å². The molecule has 0 atom stereocenters. The molecule has 0 saturated carbocycles. The van der Waals surface area contributed by atoms with E-state index in [9.17, 15) is 9.18 Å². The van der Waals surface area contributed by atoms with E-state index in [1.165, 1.54) is 12.1 Å². The van der Waals surface area contributed by atoms with Crippen LogP contribution in [0.3, 0.4) is 0 Å². The normalized spacial score (nSPS) is 10.3. The van der Waals surface area contributed by atoms with Crippen molar-refractivity contribution in [2.45, 2.75) is 13.3 Å². The molecule has 0 aliphatic rings. The smallest absolute Gasteiger partial charge is 0.253 e. The summed E-state index contributed by atoms with van der Waals surface area (Å²) in [4.78, 5) is 12.0. The van der Waals surface area contributed by atoms with Crippen LogP contribution < -0.4 is 11.1 Å². The molecule has 0 radical (unpaired) electrons. The molecule has 20 heavy (non-hydrogen) atoms. The van der Waals surface area contributed by atoms with E-state index in [2.05, 4.69) is 5.32 Å². The third-order valence-electron chi connectivity index (χ3n) is 3.04. The second kappa shape index (κ2) is 6.19. The zero-order valence-corrected chi connectivity index (χ0v) is 11.3. The summed E-state index contributed by atoms with van der Waals surface area (Å²) in [5.74, 6) is -0.476. The van der Waals surface area contributed by atoms with Crippen molar-refractivity contribution in [1.29, 1.82) is 0 Å². The minimum atomic E-state index is -0.267. The highest BCUT2D eigenvalue weighted by atomic mass is 19.1. The Bertz CT molecular complexity index is 626. The van der Waals surface area contributed by atoms with Gasteiger partial charge >= 0.3 is 0 Å². The average Bonchev–Trinajstić information content (AvgIpc) is 2.38. The fourth-order valence-corrected chi connectivity index (χ4v) is 2.00. The van der Waals surface area contributed by atoms with Crippen molar-refractivity contribution in [1.82, 2.24) is 5.32 Å². The lowest BCUT2D eigenvalue weighted by atomic mass is 10.1. The summed E-state index contributed by atoms with van der Waals surface area (Å²) < 4.78 is 13.0. The molecule has 0 unspecified atom stereocenters. The van der Waals surface area contributed by atoms with Gasteiger partial charge in [0.15, 0.2) is 0 Å². The Morgan fingerprint density at radius 2 is 2.05 bits per heavy atom. The van der Waals surface area contributed by atoms with Gasteiger partial charge in [-0.05, 0) is 48.7 Å². The molecular formula is C16H17FN2O. The Balaban J connectivity index is 1.92. The van der Waals surface area contributed by atoms with Gasteiger partial charge in [-0.15, -0.1) is 0 Å². The van der Waals surface area contributed by atoms with E-state index in [1.807, 2.05) is 19.1 Å². The molecule has 3 nitrogen and oxygen atoms in total. The Morgan fingerprint density at radius 3 is 2.75 bits per heavy atom. The minimum Gasteiger partial charge on any atom is -0.398 e. The number of aryl methyl sites for hydroxylation is 1. The topological polar surface area (TPSA) is 55.1 Å². The highest BCUT2D eigenvalue weighted by molar-refractivity contribution is 5.99. The van der Waals surface area contributed by atoms with Crippen LogP contribution in [-0.2, 0) is 6.42 Å². The number of carbonyl (C=O) groups is 1. The SMILES string of the molecule is Cc1ccc(C(=O)NCCc2cccc(F)c2)c(N)c1. The van der Waals surface area contributed by atoms with Gasteiger partial charge in [0.05, 0.1) is 5.56 Å². The Morgan fingerprint density at radius 1 is 1.25 bits per heavy atom. The number of nitrogen functional groups attached to an aromatic ring is 1. The van der Waals surface area contributed by atoms with Crippen LogP contribution in [0, 0.1) is 12.7 Å². The lowest BCUT2D eigenvalue weighted by Crippen LogP contribution is -2.26. The summed E-state index contributed by atoms with van der Waals surface area (Å²) >= 11 is 0. The van der Waals surface area contributed by atoms with Crippen molar-refractivity contribution < 1.29 is 9.18 Å². The van der Waals surface area contributed by atoms with E-state index in [4.69, 9.17) is 5.73 Å².